The molecule has 0 aromatic heterocycles. The van der Waals surface area contributed by atoms with Crippen LogP contribution in [-0.2, 0) is 9.53 Å². The summed E-state index contributed by atoms with van der Waals surface area (Å²) in [6, 6.07) is 0. The maximum atomic E-state index is 10.8. The first kappa shape index (κ1) is 12.2. The molecule has 1 atom stereocenters. The fraction of sp³-hybridized carbons (Fsp3) is 0.700. The van der Waals surface area contributed by atoms with Crippen molar-refractivity contribution in [2.45, 2.75) is 20.3 Å². The predicted octanol–water partition coefficient (Wildman–Crippen LogP) is 1.55. The van der Waals surface area contributed by atoms with Gasteiger partial charge < -0.3 is 4.74 Å². The highest BCUT2D eigenvalue weighted by Gasteiger charge is 2.18. The molecule has 0 aliphatic heterocycles. The van der Waals surface area contributed by atoms with Crippen LogP contribution in [0.1, 0.15) is 20.3 Å². The van der Waals surface area contributed by atoms with Crippen molar-refractivity contribution >= 4 is 5.97 Å². The molecule has 0 heterocycles. The number of hydrogen-bond acceptors (Lipinski definition) is 2. The van der Waals surface area contributed by atoms with Gasteiger partial charge in [-0.05, 0) is 13.3 Å². The first-order chi connectivity index (χ1) is 6.08. The topological polar surface area (TPSA) is 26.3 Å². The summed E-state index contributed by atoms with van der Waals surface area (Å²) in [5.41, 5.74) is 0. The van der Waals surface area contributed by atoms with Gasteiger partial charge in [0.2, 0.25) is 6.73 Å². The Morgan fingerprint density at radius 2 is 2.15 bits per heavy atom. The quantitative estimate of drug-likeness (QED) is 0.272. The Labute approximate surface area is 80.6 Å². The second-order valence-corrected chi connectivity index (χ2v) is 3.46. The fourth-order valence-electron chi connectivity index (χ4n) is 1.13. The highest BCUT2D eigenvalue weighted by Crippen LogP contribution is 2.03. The molecule has 0 fully saturated rings. The molecule has 0 aromatic carbocycles. The molecule has 0 aliphatic rings. The summed E-state index contributed by atoms with van der Waals surface area (Å²) in [6.07, 6.45) is 2.29. The zero-order chi connectivity index (χ0) is 10.3. The number of nitrogens with zero attached hydrogens (tertiary/aromatic N) is 1. The number of esters is 1. The van der Waals surface area contributed by atoms with Crippen LogP contribution in [0.15, 0.2) is 12.7 Å². The Hall–Kier alpha value is -0.830. The molecule has 0 aliphatic carbocycles. The molecule has 0 aromatic rings. The van der Waals surface area contributed by atoms with E-state index in [2.05, 4.69) is 27.5 Å². The number of carbonyl (C=O) groups is 1. The summed E-state index contributed by atoms with van der Waals surface area (Å²) in [4.78, 5) is 10.8. The average molecular weight is 186 g/mol. The van der Waals surface area contributed by atoms with Gasteiger partial charge in [0.15, 0.2) is 0 Å². The molecular weight excluding hydrogens is 166 g/mol. The van der Waals surface area contributed by atoms with Gasteiger partial charge in [-0.25, -0.2) is 4.79 Å². The van der Waals surface area contributed by atoms with Crippen molar-refractivity contribution in [3.8, 4) is 0 Å². The van der Waals surface area contributed by atoms with E-state index in [1.54, 1.807) is 0 Å². The third-order valence-electron chi connectivity index (χ3n) is 2.21. The second-order valence-electron chi connectivity index (χ2n) is 3.46. The number of rotatable bonds is 6. The van der Waals surface area contributed by atoms with Crippen LogP contribution in [0.25, 0.3) is 0 Å². The Kier molecular flexibility index (Phi) is 5.39. The summed E-state index contributed by atoms with van der Waals surface area (Å²) in [6.45, 7) is 10.0. The van der Waals surface area contributed by atoms with E-state index >= 15 is 0 Å². The van der Waals surface area contributed by atoms with E-state index in [1.165, 1.54) is 6.08 Å². The largest absolute Gasteiger partial charge is 0.412 e. The predicted molar refractivity (Wildman–Crippen MR) is 53.0 cm³/mol. The summed E-state index contributed by atoms with van der Waals surface area (Å²) in [5, 5.41) is 0. The lowest BCUT2D eigenvalue weighted by Gasteiger charge is -2.31. The van der Waals surface area contributed by atoms with Crippen molar-refractivity contribution in [1.82, 2.24) is 0 Å². The van der Waals surface area contributed by atoms with Crippen LogP contribution in [0.2, 0.25) is 0 Å². The molecule has 0 amide bonds. The van der Waals surface area contributed by atoms with E-state index < -0.39 is 0 Å². The molecular formula is C10H20NO2+. The van der Waals surface area contributed by atoms with Gasteiger partial charge in [-0.15, -0.1) is 0 Å². The van der Waals surface area contributed by atoms with Crippen molar-refractivity contribution in [1.29, 1.82) is 0 Å². The standard InChI is InChI=1S/C10H20NO2/c1-5-8-11(4,7-3)9-13-10(12)6-2/h6H,2,5,7-9H2,1,3-4H3/q+1. The molecule has 13 heavy (non-hydrogen) atoms. The van der Waals surface area contributed by atoms with E-state index in [0.29, 0.717) is 6.73 Å². The molecule has 0 radical (unpaired) electrons. The average Bonchev–Trinajstić information content (AvgIpc) is 2.15. The highest BCUT2D eigenvalue weighted by atomic mass is 16.5. The van der Waals surface area contributed by atoms with Crippen molar-refractivity contribution in [3.63, 3.8) is 0 Å². The minimum Gasteiger partial charge on any atom is -0.412 e. The molecule has 0 spiro atoms. The number of hydrogen-bond donors (Lipinski definition) is 0. The molecule has 1 unspecified atom stereocenters. The van der Waals surface area contributed by atoms with Crippen LogP contribution >= 0.6 is 0 Å². The fourth-order valence-corrected chi connectivity index (χ4v) is 1.13. The van der Waals surface area contributed by atoms with Crippen molar-refractivity contribution in [3.05, 3.63) is 12.7 Å². The van der Waals surface area contributed by atoms with E-state index in [4.69, 9.17) is 4.74 Å². The molecule has 0 saturated heterocycles. The van der Waals surface area contributed by atoms with Crippen LogP contribution in [0.4, 0.5) is 0 Å². The SMILES string of the molecule is C=CC(=O)OC[N+](C)(CC)CCC. The van der Waals surface area contributed by atoms with Gasteiger partial charge in [0.25, 0.3) is 0 Å². The van der Waals surface area contributed by atoms with E-state index in [-0.39, 0.29) is 5.97 Å². The monoisotopic (exact) mass is 186 g/mol. The zero-order valence-corrected chi connectivity index (χ0v) is 8.88. The Balaban J connectivity index is 3.96. The molecule has 3 nitrogen and oxygen atoms in total. The van der Waals surface area contributed by atoms with Gasteiger partial charge in [0.05, 0.1) is 20.1 Å². The lowest BCUT2D eigenvalue weighted by atomic mass is 10.4. The number of quaternary nitrogens is 1. The van der Waals surface area contributed by atoms with Crippen LogP contribution in [-0.4, -0.2) is 37.3 Å². The van der Waals surface area contributed by atoms with Gasteiger partial charge >= 0.3 is 5.97 Å². The second kappa shape index (κ2) is 5.75. The summed E-state index contributed by atoms with van der Waals surface area (Å²) in [7, 11) is 2.08. The molecule has 0 N–H and O–H groups in total. The maximum absolute atomic E-state index is 10.8. The van der Waals surface area contributed by atoms with Gasteiger partial charge in [-0.3, -0.25) is 4.48 Å². The Bertz CT molecular complexity index is 180. The molecule has 0 rings (SSSR count). The normalized spacial score (nSPS) is 14.7. The number of ether oxygens (including phenoxy) is 1. The zero-order valence-electron chi connectivity index (χ0n) is 8.88. The minimum absolute atomic E-state index is 0.339. The van der Waals surface area contributed by atoms with E-state index in [1.807, 2.05) is 0 Å². The summed E-state index contributed by atoms with van der Waals surface area (Å²) in [5.74, 6) is -0.339. The lowest BCUT2D eigenvalue weighted by molar-refractivity contribution is -0.924. The van der Waals surface area contributed by atoms with Gasteiger partial charge in [-0.1, -0.05) is 13.5 Å². The molecule has 3 heteroatoms. The van der Waals surface area contributed by atoms with Crippen molar-refractivity contribution < 1.29 is 14.0 Å². The van der Waals surface area contributed by atoms with Crippen LogP contribution in [0.5, 0.6) is 0 Å². The van der Waals surface area contributed by atoms with Crippen molar-refractivity contribution in [2.24, 2.45) is 0 Å². The Morgan fingerprint density at radius 3 is 2.54 bits per heavy atom. The third kappa shape index (κ3) is 4.68. The smallest absolute Gasteiger partial charge is 0.334 e. The molecule has 0 saturated carbocycles. The van der Waals surface area contributed by atoms with Crippen molar-refractivity contribution in [2.75, 3.05) is 26.9 Å². The minimum atomic E-state index is -0.339. The van der Waals surface area contributed by atoms with Crippen LogP contribution in [0.3, 0.4) is 0 Å². The van der Waals surface area contributed by atoms with E-state index in [0.717, 1.165) is 24.0 Å². The van der Waals surface area contributed by atoms with Gasteiger partial charge in [0, 0.05) is 6.08 Å². The third-order valence-corrected chi connectivity index (χ3v) is 2.21. The maximum Gasteiger partial charge on any atom is 0.334 e. The summed E-state index contributed by atoms with van der Waals surface area (Å²) < 4.78 is 5.79. The Morgan fingerprint density at radius 1 is 1.54 bits per heavy atom. The molecule has 76 valence electrons. The summed E-state index contributed by atoms with van der Waals surface area (Å²) >= 11 is 0. The molecule has 0 bridgehead atoms. The lowest BCUT2D eigenvalue weighted by Crippen LogP contribution is -2.46. The van der Waals surface area contributed by atoms with Gasteiger partial charge in [0.1, 0.15) is 0 Å². The first-order valence-electron chi connectivity index (χ1n) is 4.70. The van der Waals surface area contributed by atoms with E-state index in [9.17, 15) is 4.79 Å². The van der Waals surface area contributed by atoms with Gasteiger partial charge in [-0.2, -0.15) is 0 Å². The highest BCUT2D eigenvalue weighted by molar-refractivity contribution is 5.81. The van der Waals surface area contributed by atoms with Crippen LogP contribution < -0.4 is 0 Å². The van der Waals surface area contributed by atoms with Crippen LogP contribution in [0, 0.1) is 0 Å². The number of carbonyl (C=O) groups excluding carboxylic acids is 1. The first-order valence-corrected chi connectivity index (χ1v) is 4.70.